The van der Waals surface area contributed by atoms with Crippen LogP contribution in [0.5, 0.6) is 11.5 Å². The van der Waals surface area contributed by atoms with Gasteiger partial charge in [-0.2, -0.15) is 0 Å². The second-order valence-corrected chi connectivity index (χ2v) is 6.49. The van der Waals surface area contributed by atoms with Crippen LogP contribution in [0.3, 0.4) is 0 Å². The lowest BCUT2D eigenvalue weighted by atomic mass is 10.1. The Kier molecular flexibility index (Phi) is 7.77. The zero-order chi connectivity index (χ0) is 22.1. The molecule has 0 saturated carbocycles. The van der Waals surface area contributed by atoms with Crippen molar-refractivity contribution in [2.45, 2.75) is 20.1 Å². The summed E-state index contributed by atoms with van der Waals surface area (Å²) in [5, 5.41) is 12.7. The number of nitrogen functional groups attached to an aromatic ring is 1. The van der Waals surface area contributed by atoms with Crippen LogP contribution < -0.4 is 25.8 Å². The SMILES string of the molecule is CCOc1cccc(CNCCNC(=O)c2nonc2N)c1OCc1ccccc1F. The predicted molar refractivity (Wildman–Crippen MR) is 111 cm³/mol. The summed E-state index contributed by atoms with van der Waals surface area (Å²) in [4.78, 5) is 11.9. The van der Waals surface area contributed by atoms with Gasteiger partial charge in [0.2, 0.25) is 11.5 Å². The molecule has 0 atom stereocenters. The number of amides is 1. The molecule has 3 aromatic rings. The molecular weight excluding hydrogens is 405 g/mol. The number of nitrogens with zero attached hydrogens (tertiary/aromatic N) is 2. The number of carbonyl (C=O) groups is 1. The first-order valence-corrected chi connectivity index (χ1v) is 9.78. The summed E-state index contributed by atoms with van der Waals surface area (Å²) in [5.41, 5.74) is 6.74. The first-order chi connectivity index (χ1) is 15.1. The molecule has 4 N–H and O–H groups in total. The van der Waals surface area contributed by atoms with Crippen LogP contribution in [-0.4, -0.2) is 35.9 Å². The minimum absolute atomic E-state index is 0.0479. The first kappa shape index (κ1) is 22.0. The van der Waals surface area contributed by atoms with E-state index in [1.165, 1.54) is 6.07 Å². The Morgan fingerprint density at radius 2 is 1.90 bits per heavy atom. The maximum Gasteiger partial charge on any atom is 0.277 e. The van der Waals surface area contributed by atoms with Crippen LogP contribution in [-0.2, 0) is 13.2 Å². The summed E-state index contributed by atoms with van der Waals surface area (Å²) in [6.45, 7) is 3.69. The van der Waals surface area contributed by atoms with E-state index in [2.05, 4.69) is 25.6 Å². The number of anilines is 1. The molecule has 0 aliphatic heterocycles. The summed E-state index contributed by atoms with van der Waals surface area (Å²) in [6, 6.07) is 12.0. The number of nitrogens with two attached hydrogens (primary N) is 1. The number of hydrogen-bond donors (Lipinski definition) is 3. The van der Waals surface area contributed by atoms with E-state index in [1.807, 2.05) is 19.1 Å². The van der Waals surface area contributed by atoms with Gasteiger partial charge in [-0.3, -0.25) is 4.79 Å². The zero-order valence-electron chi connectivity index (χ0n) is 17.1. The number of carbonyl (C=O) groups excluding carboxylic acids is 1. The van der Waals surface area contributed by atoms with E-state index in [9.17, 15) is 9.18 Å². The van der Waals surface area contributed by atoms with Gasteiger partial charge in [-0.15, -0.1) is 0 Å². The molecule has 9 nitrogen and oxygen atoms in total. The van der Waals surface area contributed by atoms with Crippen molar-refractivity contribution in [3.8, 4) is 11.5 Å². The molecule has 0 bridgehead atoms. The summed E-state index contributed by atoms with van der Waals surface area (Å²) in [6.07, 6.45) is 0. The van der Waals surface area contributed by atoms with Crippen LogP contribution >= 0.6 is 0 Å². The fourth-order valence-electron chi connectivity index (χ4n) is 2.82. The number of para-hydroxylation sites is 1. The van der Waals surface area contributed by atoms with E-state index in [0.29, 0.717) is 43.3 Å². The molecule has 1 aromatic heterocycles. The quantitative estimate of drug-likeness (QED) is 0.397. The third kappa shape index (κ3) is 5.92. The molecule has 0 unspecified atom stereocenters. The third-order valence-electron chi connectivity index (χ3n) is 4.32. The van der Waals surface area contributed by atoms with Gasteiger partial charge >= 0.3 is 0 Å². The number of aromatic nitrogens is 2. The average Bonchev–Trinajstić information content (AvgIpc) is 3.20. The van der Waals surface area contributed by atoms with Crippen molar-refractivity contribution in [2.24, 2.45) is 0 Å². The van der Waals surface area contributed by atoms with Gasteiger partial charge < -0.3 is 25.8 Å². The minimum Gasteiger partial charge on any atom is -0.490 e. The molecule has 1 amide bonds. The van der Waals surface area contributed by atoms with E-state index in [1.54, 1.807) is 24.3 Å². The standard InChI is InChI=1S/C21H24FN5O4/c1-2-29-17-9-5-7-14(19(17)30-13-15-6-3-4-8-16(15)22)12-24-10-11-25-21(28)18-20(23)27-31-26-18/h3-9,24H,2,10-13H2,1H3,(H2,23,27)(H,25,28). The molecule has 0 aliphatic carbocycles. The van der Waals surface area contributed by atoms with Crippen molar-refractivity contribution in [3.63, 3.8) is 0 Å². The molecule has 0 aliphatic rings. The molecule has 10 heteroatoms. The van der Waals surface area contributed by atoms with Gasteiger partial charge in [-0.25, -0.2) is 9.02 Å². The highest BCUT2D eigenvalue weighted by Crippen LogP contribution is 2.32. The molecule has 3 rings (SSSR count). The number of benzene rings is 2. The monoisotopic (exact) mass is 429 g/mol. The Morgan fingerprint density at radius 3 is 2.65 bits per heavy atom. The van der Waals surface area contributed by atoms with E-state index in [4.69, 9.17) is 15.2 Å². The third-order valence-corrected chi connectivity index (χ3v) is 4.32. The first-order valence-electron chi connectivity index (χ1n) is 9.78. The Labute approximate surface area is 178 Å². The number of rotatable bonds is 11. The van der Waals surface area contributed by atoms with E-state index >= 15 is 0 Å². The Morgan fingerprint density at radius 1 is 1.10 bits per heavy atom. The van der Waals surface area contributed by atoms with Crippen molar-refractivity contribution < 1.29 is 23.3 Å². The summed E-state index contributed by atoms with van der Waals surface area (Å²) in [7, 11) is 0. The molecule has 2 aromatic carbocycles. The van der Waals surface area contributed by atoms with Crippen LogP contribution in [0, 0.1) is 5.82 Å². The molecular formula is C21H24FN5O4. The molecule has 164 valence electrons. The van der Waals surface area contributed by atoms with Crippen LogP contribution in [0.4, 0.5) is 10.2 Å². The van der Waals surface area contributed by atoms with Crippen molar-refractivity contribution in [1.29, 1.82) is 0 Å². The van der Waals surface area contributed by atoms with Gasteiger partial charge in [0.1, 0.15) is 12.4 Å². The van der Waals surface area contributed by atoms with Gasteiger partial charge in [0.25, 0.3) is 5.91 Å². The van der Waals surface area contributed by atoms with Gasteiger partial charge in [0.15, 0.2) is 11.5 Å². The van der Waals surface area contributed by atoms with Gasteiger partial charge in [-0.1, -0.05) is 30.3 Å². The lowest BCUT2D eigenvalue weighted by Gasteiger charge is -2.17. The Bertz CT molecular complexity index is 1010. The number of ether oxygens (including phenoxy) is 2. The second-order valence-electron chi connectivity index (χ2n) is 6.49. The molecule has 0 radical (unpaired) electrons. The van der Waals surface area contributed by atoms with Gasteiger partial charge in [0, 0.05) is 30.8 Å². The molecule has 0 spiro atoms. The fourth-order valence-corrected chi connectivity index (χ4v) is 2.82. The fraction of sp³-hybridized carbons (Fsp3) is 0.286. The highest BCUT2D eigenvalue weighted by Gasteiger charge is 2.15. The minimum atomic E-state index is -0.465. The van der Waals surface area contributed by atoms with Crippen molar-refractivity contribution in [2.75, 3.05) is 25.4 Å². The Balaban J connectivity index is 1.57. The average molecular weight is 429 g/mol. The Hall–Kier alpha value is -3.66. The second kappa shape index (κ2) is 10.9. The van der Waals surface area contributed by atoms with Gasteiger partial charge in [0.05, 0.1) is 6.61 Å². The van der Waals surface area contributed by atoms with Crippen LogP contribution in [0.25, 0.3) is 0 Å². The highest BCUT2D eigenvalue weighted by atomic mass is 19.1. The summed E-state index contributed by atoms with van der Waals surface area (Å²) < 4.78 is 29.9. The number of nitrogens with one attached hydrogen (secondary N) is 2. The maximum atomic E-state index is 13.9. The number of hydrogen-bond acceptors (Lipinski definition) is 8. The van der Waals surface area contributed by atoms with Crippen molar-refractivity contribution in [3.05, 3.63) is 65.1 Å². The van der Waals surface area contributed by atoms with Crippen molar-refractivity contribution >= 4 is 11.7 Å². The topological polar surface area (TPSA) is 125 Å². The molecule has 0 fully saturated rings. The lowest BCUT2D eigenvalue weighted by molar-refractivity contribution is 0.0944. The molecule has 31 heavy (non-hydrogen) atoms. The predicted octanol–water partition coefficient (Wildman–Crippen LogP) is 2.29. The van der Waals surface area contributed by atoms with E-state index in [0.717, 1.165) is 5.56 Å². The maximum absolute atomic E-state index is 13.9. The van der Waals surface area contributed by atoms with Crippen LogP contribution in [0.15, 0.2) is 47.1 Å². The zero-order valence-corrected chi connectivity index (χ0v) is 17.1. The summed E-state index contributed by atoms with van der Waals surface area (Å²) >= 11 is 0. The van der Waals surface area contributed by atoms with E-state index < -0.39 is 5.91 Å². The van der Waals surface area contributed by atoms with Gasteiger partial charge in [-0.05, 0) is 29.4 Å². The number of halogens is 1. The highest BCUT2D eigenvalue weighted by molar-refractivity contribution is 5.95. The summed E-state index contributed by atoms with van der Waals surface area (Å²) in [5.74, 6) is 0.281. The largest absolute Gasteiger partial charge is 0.490 e. The molecule has 0 saturated heterocycles. The van der Waals surface area contributed by atoms with Crippen LogP contribution in [0.1, 0.15) is 28.5 Å². The smallest absolute Gasteiger partial charge is 0.277 e. The molecule has 1 heterocycles. The van der Waals surface area contributed by atoms with Crippen molar-refractivity contribution in [1.82, 2.24) is 20.9 Å². The normalized spacial score (nSPS) is 10.6. The van der Waals surface area contributed by atoms with E-state index in [-0.39, 0.29) is 23.9 Å². The lowest BCUT2D eigenvalue weighted by Crippen LogP contribution is -2.32. The van der Waals surface area contributed by atoms with Crippen LogP contribution in [0.2, 0.25) is 0 Å².